The Hall–Kier alpha value is -2.11. The molecule has 0 saturated heterocycles. The van der Waals surface area contributed by atoms with Crippen LogP contribution in [0.2, 0.25) is 0 Å². The monoisotopic (exact) mass is 250 g/mol. The van der Waals surface area contributed by atoms with Gasteiger partial charge < -0.3 is 15.0 Å². The quantitative estimate of drug-likeness (QED) is 0.787. The number of carbonyl (C=O) groups excluding carboxylic acids is 1. The lowest BCUT2D eigenvalue weighted by Crippen LogP contribution is -2.37. The van der Waals surface area contributed by atoms with Crippen molar-refractivity contribution in [1.82, 2.24) is 9.88 Å². The minimum atomic E-state index is -1.03. The van der Waals surface area contributed by atoms with Crippen LogP contribution in [0.25, 0.3) is 0 Å². The highest BCUT2D eigenvalue weighted by Crippen LogP contribution is 2.30. The van der Waals surface area contributed by atoms with Crippen molar-refractivity contribution in [2.24, 2.45) is 5.92 Å². The average Bonchev–Trinajstić information content (AvgIpc) is 3.12. The number of carboxylic acids is 1. The fourth-order valence-electron chi connectivity index (χ4n) is 1.72. The van der Waals surface area contributed by atoms with Gasteiger partial charge in [0.2, 0.25) is 5.56 Å². The van der Waals surface area contributed by atoms with Crippen LogP contribution < -0.4 is 5.56 Å². The zero-order valence-corrected chi connectivity index (χ0v) is 9.76. The number of amides is 1. The van der Waals surface area contributed by atoms with E-state index in [-0.39, 0.29) is 18.0 Å². The number of carboxylic acid groups (broad SMARTS) is 1. The third-order valence-electron chi connectivity index (χ3n) is 2.82. The number of nitrogens with zero attached hydrogens (tertiary/aromatic N) is 1. The minimum absolute atomic E-state index is 0.293. The van der Waals surface area contributed by atoms with Crippen LogP contribution in [-0.2, 0) is 4.79 Å². The van der Waals surface area contributed by atoms with Crippen LogP contribution in [0.15, 0.2) is 23.1 Å². The summed E-state index contributed by atoms with van der Waals surface area (Å²) in [5.41, 5.74) is 0.00928. The maximum atomic E-state index is 12.1. The van der Waals surface area contributed by atoms with Gasteiger partial charge in [-0.3, -0.25) is 14.4 Å². The van der Waals surface area contributed by atoms with Crippen molar-refractivity contribution in [1.29, 1.82) is 0 Å². The maximum absolute atomic E-state index is 12.1. The first-order valence-corrected chi connectivity index (χ1v) is 5.76. The normalized spacial score (nSPS) is 14.2. The molecule has 0 spiro atoms. The number of hydrogen-bond acceptors (Lipinski definition) is 3. The molecule has 1 aliphatic rings. The lowest BCUT2D eigenvalue weighted by molar-refractivity contribution is -0.137. The van der Waals surface area contributed by atoms with Gasteiger partial charge >= 0.3 is 5.97 Å². The van der Waals surface area contributed by atoms with Crippen molar-refractivity contribution in [2.45, 2.75) is 12.8 Å². The van der Waals surface area contributed by atoms with Crippen LogP contribution in [0.4, 0.5) is 0 Å². The second kappa shape index (κ2) is 5.03. The molecule has 0 atom stereocenters. The van der Waals surface area contributed by atoms with Gasteiger partial charge in [-0.05, 0) is 24.8 Å². The van der Waals surface area contributed by atoms with E-state index in [9.17, 15) is 14.4 Å². The summed E-state index contributed by atoms with van der Waals surface area (Å²) < 4.78 is 0. The lowest BCUT2D eigenvalue weighted by atomic mass is 10.2. The van der Waals surface area contributed by atoms with Gasteiger partial charge in [-0.1, -0.05) is 0 Å². The molecule has 1 aliphatic carbocycles. The fourth-order valence-corrected chi connectivity index (χ4v) is 1.72. The lowest BCUT2D eigenvalue weighted by Gasteiger charge is -2.20. The Morgan fingerprint density at radius 2 is 2.11 bits per heavy atom. The van der Waals surface area contributed by atoms with E-state index >= 15 is 0 Å². The Balaban J connectivity index is 2.12. The molecule has 0 aliphatic heterocycles. The van der Waals surface area contributed by atoms with E-state index in [1.54, 1.807) is 0 Å². The van der Waals surface area contributed by atoms with E-state index in [1.165, 1.54) is 23.2 Å². The van der Waals surface area contributed by atoms with Crippen molar-refractivity contribution in [2.75, 3.05) is 13.1 Å². The Bertz CT molecular complexity index is 499. The molecule has 0 aromatic carbocycles. The highest BCUT2D eigenvalue weighted by Gasteiger charge is 2.28. The maximum Gasteiger partial charge on any atom is 0.323 e. The Labute approximate surface area is 103 Å². The molecule has 96 valence electrons. The number of H-pyrrole nitrogens is 1. The molecule has 0 radical (unpaired) electrons. The number of carbonyl (C=O) groups is 2. The highest BCUT2D eigenvalue weighted by molar-refractivity contribution is 5.95. The summed E-state index contributed by atoms with van der Waals surface area (Å²) in [6.45, 7) is 0.152. The van der Waals surface area contributed by atoms with Crippen molar-refractivity contribution in [3.63, 3.8) is 0 Å². The highest BCUT2D eigenvalue weighted by atomic mass is 16.4. The van der Waals surface area contributed by atoms with E-state index in [0.717, 1.165) is 12.8 Å². The van der Waals surface area contributed by atoms with Gasteiger partial charge in [0.25, 0.3) is 5.91 Å². The summed E-state index contributed by atoms with van der Waals surface area (Å²) in [6, 6.07) is 2.66. The van der Waals surface area contributed by atoms with Crippen LogP contribution in [0, 0.1) is 5.92 Å². The average molecular weight is 250 g/mol. The molecule has 1 saturated carbocycles. The molecule has 6 heteroatoms. The summed E-state index contributed by atoms with van der Waals surface area (Å²) in [4.78, 5) is 37.5. The number of aliphatic carboxylic acids is 1. The molecule has 1 aromatic heterocycles. The van der Waals surface area contributed by atoms with Gasteiger partial charge in [0.1, 0.15) is 6.54 Å². The minimum Gasteiger partial charge on any atom is -0.480 e. The van der Waals surface area contributed by atoms with Gasteiger partial charge in [0, 0.05) is 18.8 Å². The predicted molar refractivity (Wildman–Crippen MR) is 63.3 cm³/mol. The summed E-state index contributed by atoms with van der Waals surface area (Å²) in [7, 11) is 0. The third-order valence-corrected chi connectivity index (χ3v) is 2.82. The topological polar surface area (TPSA) is 90.5 Å². The van der Waals surface area contributed by atoms with Crippen LogP contribution in [0.3, 0.4) is 0 Å². The van der Waals surface area contributed by atoms with Gasteiger partial charge in [0.05, 0.1) is 5.56 Å². The number of pyridine rings is 1. The number of hydrogen-bond donors (Lipinski definition) is 2. The van der Waals surface area contributed by atoms with E-state index in [0.29, 0.717) is 18.0 Å². The Morgan fingerprint density at radius 3 is 2.61 bits per heavy atom. The van der Waals surface area contributed by atoms with Crippen LogP contribution in [0.1, 0.15) is 23.2 Å². The first-order chi connectivity index (χ1) is 8.56. The SMILES string of the molecule is O=C(O)CN(CC1CC1)C(=O)c1ccc(=O)[nH]c1. The van der Waals surface area contributed by atoms with Crippen molar-refractivity contribution < 1.29 is 14.7 Å². The third kappa shape index (κ3) is 3.19. The smallest absolute Gasteiger partial charge is 0.323 e. The molecule has 2 N–H and O–H groups in total. The van der Waals surface area contributed by atoms with E-state index in [1.807, 2.05) is 0 Å². The molecule has 6 nitrogen and oxygen atoms in total. The number of nitrogens with one attached hydrogen (secondary N) is 1. The summed E-state index contributed by atoms with van der Waals surface area (Å²) >= 11 is 0. The predicted octanol–water partition coefficient (Wildman–Crippen LogP) is 0.312. The largest absolute Gasteiger partial charge is 0.480 e. The van der Waals surface area contributed by atoms with Crippen molar-refractivity contribution in [3.8, 4) is 0 Å². The van der Waals surface area contributed by atoms with Crippen molar-refractivity contribution in [3.05, 3.63) is 34.2 Å². The second-order valence-corrected chi connectivity index (χ2v) is 4.46. The molecule has 1 aromatic rings. The summed E-state index contributed by atoms with van der Waals surface area (Å²) in [5.74, 6) is -0.981. The van der Waals surface area contributed by atoms with Gasteiger partial charge in [-0.25, -0.2) is 0 Å². The molecule has 1 heterocycles. The molecule has 1 amide bonds. The van der Waals surface area contributed by atoms with Gasteiger partial charge in [-0.2, -0.15) is 0 Å². The van der Waals surface area contributed by atoms with Crippen LogP contribution in [0.5, 0.6) is 0 Å². The zero-order valence-electron chi connectivity index (χ0n) is 9.76. The molecular formula is C12H14N2O4. The second-order valence-electron chi connectivity index (χ2n) is 4.46. The number of rotatable bonds is 5. The summed E-state index contributed by atoms with van der Waals surface area (Å²) in [6.07, 6.45) is 3.39. The number of aromatic amines is 1. The molecule has 0 bridgehead atoms. The van der Waals surface area contributed by atoms with E-state index < -0.39 is 5.97 Å². The fraction of sp³-hybridized carbons (Fsp3) is 0.417. The molecule has 18 heavy (non-hydrogen) atoms. The van der Waals surface area contributed by atoms with Gasteiger partial charge in [-0.15, -0.1) is 0 Å². The summed E-state index contributed by atoms with van der Waals surface area (Å²) in [5, 5.41) is 8.81. The van der Waals surface area contributed by atoms with Crippen LogP contribution >= 0.6 is 0 Å². The van der Waals surface area contributed by atoms with E-state index in [4.69, 9.17) is 5.11 Å². The van der Waals surface area contributed by atoms with Crippen LogP contribution in [-0.4, -0.2) is 40.0 Å². The zero-order chi connectivity index (χ0) is 13.1. The molecular weight excluding hydrogens is 236 g/mol. The standard InChI is InChI=1S/C12H14N2O4/c15-10-4-3-9(5-13-10)12(18)14(7-11(16)17)6-8-1-2-8/h3-5,8H,1-2,6-7H2,(H,13,15)(H,16,17). The van der Waals surface area contributed by atoms with Gasteiger partial charge in [0.15, 0.2) is 0 Å². The van der Waals surface area contributed by atoms with E-state index in [2.05, 4.69) is 4.98 Å². The number of aromatic nitrogens is 1. The molecule has 2 rings (SSSR count). The molecule has 0 unspecified atom stereocenters. The first kappa shape index (κ1) is 12.3. The Morgan fingerprint density at radius 1 is 1.39 bits per heavy atom. The van der Waals surface area contributed by atoms with Crippen molar-refractivity contribution >= 4 is 11.9 Å². The molecule has 1 fully saturated rings. The Kier molecular flexibility index (Phi) is 3.45. The first-order valence-electron chi connectivity index (χ1n) is 5.76.